The Morgan fingerprint density at radius 3 is 2.44 bits per heavy atom. The largest absolute Gasteiger partial charge is 0.504 e. The molecule has 0 radical (unpaired) electrons. The molecule has 1 saturated heterocycles. The number of carbonyl (C=O) groups is 1. The van der Waals surface area contributed by atoms with E-state index in [1.54, 1.807) is 0 Å². The van der Waals surface area contributed by atoms with Crippen molar-refractivity contribution in [2.45, 2.75) is 103 Å². The maximum Gasteiger partial charge on any atom is 0.303 e. The zero-order valence-corrected chi connectivity index (χ0v) is 21.0. The van der Waals surface area contributed by atoms with Crippen LogP contribution in [-0.2, 0) is 14.3 Å². The zero-order valence-electron chi connectivity index (χ0n) is 21.0. The molecule has 3 aliphatic rings. The first-order valence-corrected chi connectivity index (χ1v) is 12.4. The lowest BCUT2D eigenvalue weighted by atomic mass is 9.62. The molecule has 8 atom stereocenters. The van der Waals surface area contributed by atoms with Crippen LogP contribution in [0.3, 0.4) is 0 Å². The third-order valence-corrected chi connectivity index (χ3v) is 7.75. The fraction of sp³-hybridized carbons (Fsp3) is 0.667. The fourth-order valence-corrected chi connectivity index (χ4v) is 6.24. The van der Waals surface area contributed by atoms with Crippen LogP contribution in [0.15, 0.2) is 11.6 Å². The van der Waals surface area contributed by atoms with Crippen molar-refractivity contribution in [3.8, 4) is 11.5 Å². The van der Waals surface area contributed by atoms with Crippen molar-refractivity contribution in [2.75, 3.05) is 6.61 Å². The molecule has 3 N–H and O–H groups in total. The molecular formula is C27H38O7. The number of phenols is 1. The first-order chi connectivity index (χ1) is 16.0. The van der Waals surface area contributed by atoms with Crippen molar-refractivity contribution >= 4 is 5.97 Å². The summed E-state index contributed by atoms with van der Waals surface area (Å²) in [6, 6.07) is 0. The van der Waals surface area contributed by atoms with Gasteiger partial charge in [-0.15, -0.1) is 0 Å². The third-order valence-electron chi connectivity index (χ3n) is 7.75. The predicted octanol–water partition coefficient (Wildman–Crippen LogP) is 4.16. The van der Waals surface area contributed by atoms with Crippen molar-refractivity contribution in [3.05, 3.63) is 33.9 Å². The van der Waals surface area contributed by atoms with Crippen LogP contribution < -0.4 is 4.74 Å². The summed E-state index contributed by atoms with van der Waals surface area (Å²) in [6.45, 7) is 11.7. The summed E-state index contributed by atoms with van der Waals surface area (Å²) >= 11 is 0. The number of allylic oxidation sites excluding steroid dienone is 2. The van der Waals surface area contributed by atoms with Gasteiger partial charge in [-0.05, 0) is 74.5 Å². The maximum atomic E-state index is 11.7. The van der Waals surface area contributed by atoms with E-state index in [1.807, 2.05) is 6.92 Å². The molecule has 34 heavy (non-hydrogen) atoms. The second-order valence-electron chi connectivity index (χ2n) is 10.6. The summed E-state index contributed by atoms with van der Waals surface area (Å²) in [5, 5.41) is 32.0. The minimum absolute atomic E-state index is 0.101. The van der Waals surface area contributed by atoms with Gasteiger partial charge in [-0.1, -0.05) is 25.5 Å². The summed E-state index contributed by atoms with van der Waals surface area (Å²) < 4.78 is 17.1. The van der Waals surface area contributed by atoms with E-state index in [1.165, 1.54) is 23.6 Å². The van der Waals surface area contributed by atoms with E-state index < -0.39 is 30.6 Å². The van der Waals surface area contributed by atoms with Crippen LogP contribution in [0.25, 0.3) is 0 Å². The summed E-state index contributed by atoms with van der Waals surface area (Å²) in [5.41, 5.74) is 5.49. The van der Waals surface area contributed by atoms with E-state index in [0.717, 1.165) is 30.4 Å². The zero-order chi connectivity index (χ0) is 24.9. The van der Waals surface area contributed by atoms with Crippen molar-refractivity contribution < 1.29 is 34.3 Å². The van der Waals surface area contributed by atoms with Crippen molar-refractivity contribution in [2.24, 2.45) is 5.92 Å². The Labute approximate surface area is 201 Å². The number of aliphatic hydroxyl groups excluding tert-OH is 2. The normalized spacial score (nSPS) is 34.7. The minimum Gasteiger partial charge on any atom is -0.504 e. The molecular weight excluding hydrogens is 436 g/mol. The molecule has 1 aromatic carbocycles. The van der Waals surface area contributed by atoms with Gasteiger partial charge in [-0.3, -0.25) is 4.79 Å². The SMILES string of the molecule is CC(=O)O[C@H]1[C@H](Oc2c(C)c3c4c(c2O)[C@@H](C)CC[C@@H]4[C@@H](C)C[C@H]3C=C(C)C)OC[C@@H](O)[C@@H]1O. The monoisotopic (exact) mass is 474 g/mol. The van der Waals surface area contributed by atoms with Crippen molar-refractivity contribution in [1.29, 1.82) is 0 Å². The molecule has 1 aliphatic heterocycles. The highest BCUT2D eigenvalue weighted by Gasteiger charge is 2.45. The third kappa shape index (κ3) is 4.34. The number of aliphatic hydroxyl groups is 2. The Morgan fingerprint density at radius 1 is 1.09 bits per heavy atom. The van der Waals surface area contributed by atoms with Gasteiger partial charge in [-0.2, -0.15) is 0 Å². The first-order valence-electron chi connectivity index (χ1n) is 12.4. The van der Waals surface area contributed by atoms with Crippen LogP contribution in [0.2, 0.25) is 0 Å². The molecule has 1 heterocycles. The quantitative estimate of drug-likeness (QED) is 0.444. The highest BCUT2D eigenvalue weighted by Crippen LogP contribution is 2.58. The molecule has 1 aromatic rings. The van der Waals surface area contributed by atoms with Crippen LogP contribution in [0.4, 0.5) is 0 Å². The molecule has 0 unspecified atom stereocenters. The minimum atomic E-state index is -1.36. The van der Waals surface area contributed by atoms with Crippen LogP contribution in [0, 0.1) is 12.8 Å². The maximum absolute atomic E-state index is 11.7. The van der Waals surface area contributed by atoms with Gasteiger partial charge < -0.3 is 29.5 Å². The molecule has 4 rings (SSSR count). The molecule has 0 aromatic heterocycles. The van der Waals surface area contributed by atoms with E-state index >= 15 is 0 Å². The van der Waals surface area contributed by atoms with Gasteiger partial charge in [-0.25, -0.2) is 0 Å². The lowest BCUT2D eigenvalue weighted by molar-refractivity contribution is -0.250. The molecule has 0 spiro atoms. The molecule has 1 fully saturated rings. The van der Waals surface area contributed by atoms with Gasteiger partial charge in [0.2, 0.25) is 6.29 Å². The first kappa shape index (κ1) is 25.0. The second-order valence-corrected chi connectivity index (χ2v) is 10.6. The van der Waals surface area contributed by atoms with Gasteiger partial charge in [0, 0.05) is 18.4 Å². The van der Waals surface area contributed by atoms with Gasteiger partial charge in [0.15, 0.2) is 17.6 Å². The second kappa shape index (κ2) is 9.51. The summed E-state index contributed by atoms with van der Waals surface area (Å²) in [4.78, 5) is 11.7. The molecule has 0 saturated carbocycles. The van der Waals surface area contributed by atoms with Crippen LogP contribution in [-0.4, -0.2) is 52.5 Å². The Hall–Kier alpha value is -2.09. The van der Waals surface area contributed by atoms with Gasteiger partial charge in [0.05, 0.1) is 6.61 Å². The Kier molecular flexibility index (Phi) is 7.00. The highest BCUT2D eigenvalue weighted by molar-refractivity contribution is 5.66. The molecule has 188 valence electrons. The standard InChI is InChI=1S/C27H38O7/c1-12(2)9-17-10-14(4)18-8-7-13(3)20-22(18)21(17)15(5)25(24(20)31)34-27-26(33-16(6)28)23(30)19(29)11-32-27/h9,13-14,17-19,23,26-27,29-31H,7-8,10-11H2,1-6H3/t13-,14-,17+,18+,19+,23-,26+,27-/m0/s1. The summed E-state index contributed by atoms with van der Waals surface area (Å²) in [5.74, 6) is 1.08. The molecule has 0 bridgehead atoms. The highest BCUT2D eigenvalue weighted by atomic mass is 16.7. The lowest BCUT2D eigenvalue weighted by Crippen LogP contribution is -2.56. The number of esters is 1. The average Bonchev–Trinajstić information content (AvgIpc) is 2.74. The van der Waals surface area contributed by atoms with Gasteiger partial charge in [0.25, 0.3) is 0 Å². The number of hydrogen-bond donors (Lipinski definition) is 3. The lowest BCUT2D eigenvalue weighted by Gasteiger charge is -2.44. The van der Waals surface area contributed by atoms with Crippen molar-refractivity contribution in [3.63, 3.8) is 0 Å². The topological polar surface area (TPSA) is 105 Å². The predicted molar refractivity (Wildman–Crippen MR) is 127 cm³/mol. The molecule has 7 nitrogen and oxygen atoms in total. The van der Waals surface area contributed by atoms with Gasteiger partial charge in [0.1, 0.15) is 12.2 Å². The Morgan fingerprint density at radius 2 is 1.79 bits per heavy atom. The van der Waals surface area contributed by atoms with Crippen LogP contribution in [0.5, 0.6) is 11.5 Å². The Balaban J connectivity index is 1.84. The molecule has 0 amide bonds. The van der Waals surface area contributed by atoms with E-state index in [9.17, 15) is 20.1 Å². The number of hydrogen-bond acceptors (Lipinski definition) is 7. The Bertz CT molecular complexity index is 980. The average molecular weight is 475 g/mol. The van der Waals surface area contributed by atoms with Crippen LogP contribution >= 0.6 is 0 Å². The summed E-state index contributed by atoms with van der Waals surface area (Å²) in [7, 11) is 0. The van der Waals surface area contributed by atoms with Gasteiger partial charge >= 0.3 is 5.97 Å². The number of ether oxygens (including phenoxy) is 3. The number of aromatic hydroxyl groups is 1. The summed E-state index contributed by atoms with van der Waals surface area (Å²) in [6.07, 6.45) is 0.495. The van der Waals surface area contributed by atoms with E-state index in [0.29, 0.717) is 17.6 Å². The molecule has 7 heteroatoms. The van der Waals surface area contributed by atoms with Crippen molar-refractivity contribution in [1.82, 2.24) is 0 Å². The fourth-order valence-electron chi connectivity index (χ4n) is 6.24. The van der Waals surface area contributed by atoms with E-state index in [-0.39, 0.29) is 24.2 Å². The number of carbonyl (C=O) groups excluding carboxylic acids is 1. The molecule has 2 aliphatic carbocycles. The number of phenolic OH excluding ortho intramolecular Hbond substituents is 1. The van der Waals surface area contributed by atoms with E-state index in [4.69, 9.17) is 14.2 Å². The van der Waals surface area contributed by atoms with E-state index in [2.05, 4.69) is 33.8 Å². The van der Waals surface area contributed by atoms with Crippen LogP contribution in [0.1, 0.15) is 93.9 Å². The number of rotatable bonds is 4. The number of benzene rings is 1. The smallest absolute Gasteiger partial charge is 0.303 e.